The highest BCUT2D eigenvalue weighted by Crippen LogP contribution is 2.20. The molecule has 0 radical (unpaired) electrons. The highest BCUT2D eigenvalue weighted by molar-refractivity contribution is 5.98. The summed E-state index contributed by atoms with van der Waals surface area (Å²) in [5.74, 6) is -0.356. The molecule has 0 saturated carbocycles. The third-order valence-corrected chi connectivity index (χ3v) is 4.38. The van der Waals surface area contributed by atoms with Gasteiger partial charge in [0.25, 0.3) is 5.91 Å². The molecule has 0 unspecified atom stereocenters. The summed E-state index contributed by atoms with van der Waals surface area (Å²) in [6.07, 6.45) is 2.07. The number of benzene rings is 1. The topological polar surface area (TPSA) is 112 Å². The Labute approximate surface area is 190 Å². The van der Waals surface area contributed by atoms with Crippen molar-refractivity contribution < 1.29 is 23.9 Å². The van der Waals surface area contributed by atoms with Crippen molar-refractivity contribution in [2.24, 2.45) is 0 Å². The van der Waals surface area contributed by atoms with Crippen molar-refractivity contribution in [1.29, 1.82) is 0 Å². The number of ether oxygens (including phenoxy) is 2. The van der Waals surface area contributed by atoms with E-state index in [2.05, 4.69) is 25.8 Å². The number of carbonyl (C=O) groups is 3. The van der Waals surface area contributed by atoms with E-state index in [0.717, 1.165) is 38.8 Å². The molecule has 0 aliphatic rings. The zero-order valence-corrected chi connectivity index (χ0v) is 19.8. The van der Waals surface area contributed by atoms with Gasteiger partial charge >= 0.3 is 12.2 Å². The molecule has 3 N–H and O–H groups in total. The summed E-state index contributed by atoms with van der Waals surface area (Å²) in [6, 6.07) is 4.54. The van der Waals surface area contributed by atoms with Crippen LogP contribution in [0.5, 0.6) is 0 Å². The molecule has 32 heavy (non-hydrogen) atoms. The first-order valence-corrected chi connectivity index (χ1v) is 10.8. The molecule has 10 heteroatoms. The number of carbonyl (C=O) groups excluding carboxylic acids is 3. The van der Waals surface area contributed by atoms with Gasteiger partial charge in [-0.05, 0) is 85.2 Å². The quantitative estimate of drug-likeness (QED) is 0.395. The Bertz CT molecular complexity index is 689. The van der Waals surface area contributed by atoms with Gasteiger partial charge in [-0.3, -0.25) is 15.4 Å². The number of nitrogens with zero attached hydrogens (tertiary/aromatic N) is 2. The van der Waals surface area contributed by atoms with Crippen LogP contribution in [0, 0.1) is 0 Å². The van der Waals surface area contributed by atoms with E-state index in [1.165, 1.54) is 25.2 Å². The van der Waals surface area contributed by atoms with Crippen LogP contribution >= 0.6 is 0 Å². The molecule has 180 valence electrons. The van der Waals surface area contributed by atoms with Crippen LogP contribution in [0.15, 0.2) is 18.2 Å². The van der Waals surface area contributed by atoms with E-state index in [1.807, 2.05) is 28.2 Å². The molecule has 1 rings (SSSR count). The van der Waals surface area contributed by atoms with Gasteiger partial charge in [0.05, 0.1) is 13.2 Å². The molecule has 3 amide bonds. The molecule has 0 aromatic heterocycles. The summed E-state index contributed by atoms with van der Waals surface area (Å²) in [5.41, 5.74) is 0.925. The summed E-state index contributed by atoms with van der Waals surface area (Å²) >= 11 is 0. The summed E-state index contributed by atoms with van der Waals surface area (Å²) in [5, 5.41) is 7.72. The van der Waals surface area contributed by atoms with Crippen molar-refractivity contribution >= 4 is 29.5 Å². The number of unbranched alkanes of at least 4 members (excludes halogenated alkanes) is 2. The predicted octanol–water partition coefficient (Wildman–Crippen LogP) is 2.83. The molecule has 10 nitrogen and oxygen atoms in total. The molecule has 1 aromatic rings. The Morgan fingerprint density at radius 2 is 1.19 bits per heavy atom. The van der Waals surface area contributed by atoms with Gasteiger partial charge in [-0.2, -0.15) is 0 Å². The molecule has 0 atom stereocenters. The monoisotopic (exact) mass is 451 g/mol. The number of amides is 3. The Hall–Kier alpha value is -2.85. The van der Waals surface area contributed by atoms with Crippen molar-refractivity contribution in [2.75, 3.05) is 72.2 Å². The lowest BCUT2D eigenvalue weighted by Crippen LogP contribution is -2.21. The lowest BCUT2D eigenvalue weighted by Gasteiger charge is -2.13. The van der Waals surface area contributed by atoms with Crippen LogP contribution < -0.4 is 16.0 Å². The van der Waals surface area contributed by atoms with E-state index in [9.17, 15) is 14.4 Å². The summed E-state index contributed by atoms with van der Waals surface area (Å²) in [6.45, 7) is 2.42. The largest absolute Gasteiger partial charge is 0.449 e. The van der Waals surface area contributed by atoms with Crippen LogP contribution in [-0.4, -0.2) is 89.4 Å². The molecule has 0 fully saturated rings. The highest BCUT2D eigenvalue weighted by Gasteiger charge is 2.12. The van der Waals surface area contributed by atoms with Crippen molar-refractivity contribution in [3.63, 3.8) is 0 Å². The number of anilines is 2. The first-order valence-electron chi connectivity index (χ1n) is 10.8. The summed E-state index contributed by atoms with van der Waals surface area (Å²) < 4.78 is 10.4. The van der Waals surface area contributed by atoms with E-state index in [1.54, 1.807) is 0 Å². The Kier molecular flexibility index (Phi) is 12.8. The smallest absolute Gasteiger partial charge is 0.411 e. The van der Waals surface area contributed by atoms with Gasteiger partial charge < -0.3 is 24.6 Å². The first-order chi connectivity index (χ1) is 15.2. The van der Waals surface area contributed by atoms with E-state index in [0.29, 0.717) is 24.6 Å². The second kappa shape index (κ2) is 15.0. The lowest BCUT2D eigenvalue weighted by molar-refractivity contribution is 0.0962. The zero-order chi connectivity index (χ0) is 23.9. The number of hydrogen-bond acceptors (Lipinski definition) is 7. The zero-order valence-electron chi connectivity index (χ0n) is 19.8. The second-order valence-corrected chi connectivity index (χ2v) is 7.92. The SMILES string of the molecule is CNC(=O)c1cc(NC(=O)OCCCCN(C)C)cc(NC(=O)OCCCCN(C)C)c1. The molecule has 1 aromatic carbocycles. The van der Waals surface area contributed by atoms with Gasteiger partial charge in [0.15, 0.2) is 0 Å². The minimum absolute atomic E-state index is 0.276. The van der Waals surface area contributed by atoms with Gasteiger partial charge in [0.1, 0.15) is 0 Å². The van der Waals surface area contributed by atoms with E-state index < -0.39 is 12.2 Å². The molecule has 0 spiro atoms. The molecule has 0 saturated heterocycles. The normalized spacial score (nSPS) is 10.7. The summed E-state index contributed by atoms with van der Waals surface area (Å²) in [7, 11) is 9.44. The van der Waals surface area contributed by atoms with Crippen LogP contribution in [0.1, 0.15) is 36.0 Å². The molecule has 0 aliphatic carbocycles. The number of nitrogens with one attached hydrogen (secondary N) is 3. The molecule has 0 heterocycles. The standard InChI is InChI=1S/C22H37N5O5/c1-23-20(28)17-14-18(24-21(29)31-12-8-6-10-26(2)3)16-19(15-17)25-22(30)32-13-9-7-11-27(4)5/h14-16H,6-13H2,1-5H3,(H,23,28)(H,24,29)(H,25,30). The van der Waals surface area contributed by atoms with Crippen molar-refractivity contribution in [3.8, 4) is 0 Å². The highest BCUT2D eigenvalue weighted by atomic mass is 16.6. The van der Waals surface area contributed by atoms with Crippen molar-refractivity contribution in [2.45, 2.75) is 25.7 Å². The average Bonchev–Trinajstić information content (AvgIpc) is 2.71. The molecular formula is C22H37N5O5. The third kappa shape index (κ3) is 12.1. The molecule has 0 bridgehead atoms. The van der Waals surface area contributed by atoms with E-state index in [4.69, 9.17) is 9.47 Å². The number of hydrogen-bond donors (Lipinski definition) is 3. The minimum Gasteiger partial charge on any atom is -0.449 e. The van der Waals surface area contributed by atoms with Gasteiger partial charge in [-0.15, -0.1) is 0 Å². The maximum atomic E-state index is 12.1. The van der Waals surface area contributed by atoms with Crippen LogP contribution in [0.2, 0.25) is 0 Å². The van der Waals surface area contributed by atoms with Gasteiger partial charge in [-0.1, -0.05) is 0 Å². The fraction of sp³-hybridized carbons (Fsp3) is 0.591. The van der Waals surface area contributed by atoms with Crippen molar-refractivity contribution in [1.82, 2.24) is 15.1 Å². The third-order valence-electron chi connectivity index (χ3n) is 4.38. The van der Waals surface area contributed by atoms with Crippen molar-refractivity contribution in [3.05, 3.63) is 23.8 Å². The number of rotatable bonds is 13. The Balaban J connectivity index is 2.64. The lowest BCUT2D eigenvalue weighted by atomic mass is 10.1. The maximum Gasteiger partial charge on any atom is 0.411 e. The van der Waals surface area contributed by atoms with Crippen LogP contribution in [0.25, 0.3) is 0 Å². The van der Waals surface area contributed by atoms with Crippen LogP contribution in [0.4, 0.5) is 21.0 Å². The van der Waals surface area contributed by atoms with E-state index in [-0.39, 0.29) is 11.5 Å². The van der Waals surface area contributed by atoms with Gasteiger partial charge in [0, 0.05) is 24.0 Å². The van der Waals surface area contributed by atoms with Crippen LogP contribution in [0.3, 0.4) is 0 Å². The van der Waals surface area contributed by atoms with Crippen LogP contribution in [-0.2, 0) is 9.47 Å². The van der Waals surface area contributed by atoms with Gasteiger partial charge in [0.2, 0.25) is 0 Å². The van der Waals surface area contributed by atoms with E-state index >= 15 is 0 Å². The maximum absolute atomic E-state index is 12.1. The average molecular weight is 452 g/mol. The molecular weight excluding hydrogens is 414 g/mol. The fourth-order valence-electron chi connectivity index (χ4n) is 2.75. The fourth-order valence-corrected chi connectivity index (χ4v) is 2.75. The Morgan fingerprint density at radius 3 is 1.56 bits per heavy atom. The minimum atomic E-state index is -0.627. The van der Waals surface area contributed by atoms with Gasteiger partial charge in [-0.25, -0.2) is 9.59 Å². The first kappa shape index (κ1) is 27.2. The summed E-state index contributed by atoms with van der Waals surface area (Å²) in [4.78, 5) is 40.4. The predicted molar refractivity (Wildman–Crippen MR) is 125 cm³/mol. The Morgan fingerprint density at radius 1 is 0.750 bits per heavy atom. The molecule has 0 aliphatic heterocycles. The second-order valence-electron chi connectivity index (χ2n) is 7.92.